The average molecular weight is 289 g/mol. The molecule has 1 aliphatic rings. The summed E-state index contributed by atoms with van der Waals surface area (Å²) in [6, 6.07) is 7.32. The lowest BCUT2D eigenvalue weighted by Crippen LogP contribution is -2.33. The molecule has 0 aliphatic carbocycles. The van der Waals surface area contributed by atoms with Crippen LogP contribution in [0, 0.1) is 11.8 Å². The minimum absolute atomic E-state index is 0.0186. The van der Waals surface area contributed by atoms with Gasteiger partial charge in [-0.05, 0) is 17.5 Å². The maximum Gasteiger partial charge on any atom is 0.418 e. The summed E-state index contributed by atoms with van der Waals surface area (Å²) in [6.07, 6.45) is 2.86. The van der Waals surface area contributed by atoms with Gasteiger partial charge in [0.25, 0.3) is 0 Å². The van der Waals surface area contributed by atoms with Gasteiger partial charge in [0.05, 0.1) is 18.7 Å². The first-order chi connectivity index (χ1) is 9.97. The van der Waals surface area contributed by atoms with Crippen molar-refractivity contribution in [1.82, 2.24) is 0 Å². The summed E-state index contributed by atoms with van der Waals surface area (Å²) in [5.74, 6) is -1.65. The zero-order valence-corrected chi connectivity index (χ0v) is 12.3. The van der Waals surface area contributed by atoms with Crippen molar-refractivity contribution in [3.63, 3.8) is 0 Å². The lowest BCUT2D eigenvalue weighted by atomic mass is 9.77. The van der Waals surface area contributed by atoms with Gasteiger partial charge in [-0.3, -0.25) is 9.69 Å². The quantitative estimate of drug-likeness (QED) is 0.927. The molecular formula is C16H19NO4. The van der Waals surface area contributed by atoms with Crippen LogP contribution in [0.1, 0.15) is 25.3 Å². The van der Waals surface area contributed by atoms with Gasteiger partial charge in [0.2, 0.25) is 0 Å². The second kappa shape index (κ2) is 5.99. The molecule has 0 fully saturated rings. The number of fused-ring (bicyclic) bond motifs is 1. The Bertz CT molecular complexity index is 579. The molecule has 0 bridgehead atoms. The van der Waals surface area contributed by atoms with E-state index in [4.69, 9.17) is 4.74 Å². The molecule has 21 heavy (non-hydrogen) atoms. The lowest BCUT2D eigenvalue weighted by Gasteiger charge is -2.32. The first-order valence-corrected chi connectivity index (χ1v) is 6.84. The summed E-state index contributed by atoms with van der Waals surface area (Å²) in [6.45, 7) is 3.78. The number of carboxylic acids is 1. The highest BCUT2D eigenvalue weighted by Crippen LogP contribution is 2.40. The molecule has 1 heterocycles. The molecule has 5 nitrogen and oxygen atoms in total. The van der Waals surface area contributed by atoms with Crippen LogP contribution in [0.5, 0.6) is 0 Å². The fourth-order valence-electron chi connectivity index (χ4n) is 2.78. The van der Waals surface area contributed by atoms with E-state index < -0.39 is 18.0 Å². The topological polar surface area (TPSA) is 66.8 Å². The molecule has 1 aromatic carbocycles. The van der Waals surface area contributed by atoms with Gasteiger partial charge < -0.3 is 9.84 Å². The normalized spacial score (nSPS) is 18.3. The summed E-state index contributed by atoms with van der Waals surface area (Å²) in [4.78, 5) is 24.8. The summed E-state index contributed by atoms with van der Waals surface area (Å²) < 4.78 is 4.76. The number of hydrogen-bond donors (Lipinski definition) is 1. The maximum atomic E-state index is 11.8. The molecule has 0 saturated heterocycles. The maximum absolute atomic E-state index is 11.8. The van der Waals surface area contributed by atoms with E-state index in [1.807, 2.05) is 32.0 Å². The number of hydrogen-bond acceptors (Lipinski definition) is 3. The van der Waals surface area contributed by atoms with Gasteiger partial charge in [0.15, 0.2) is 0 Å². The molecule has 2 rings (SSSR count). The zero-order chi connectivity index (χ0) is 15.6. The highest BCUT2D eigenvalue weighted by atomic mass is 16.5. The molecule has 0 spiro atoms. The van der Waals surface area contributed by atoms with Crippen molar-refractivity contribution < 1.29 is 19.4 Å². The summed E-state index contributed by atoms with van der Waals surface area (Å²) >= 11 is 0. The van der Waals surface area contributed by atoms with E-state index in [1.54, 1.807) is 18.3 Å². The van der Waals surface area contributed by atoms with Crippen molar-refractivity contribution in [1.29, 1.82) is 0 Å². The third-order valence-electron chi connectivity index (χ3n) is 3.76. The number of carbonyl (C=O) groups is 2. The van der Waals surface area contributed by atoms with Crippen LogP contribution in [0.3, 0.4) is 0 Å². The van der Waals surface area contributed by atoms with Gasteiger partial charge in [0, 0.05) is 12.1 Å². The van der Waals surface area contributed by atoms with Crippen molar-refractivity contribution in [3.8, 4) is 0 Å². The highest BCUT2D eigenvalue weighted by Gasteiger charge is 2.35. The number of allylic oxidation sites excluding steroid dienone is 1. The van der Waals surface area contributed by atoms with Gasteiger partial charge >= 0.3 is 12.1 Å². The third kappa shape index (κ3) is 2.77. The Labute approximate surface area is 123 Å². The van der Waals surface area contributed by atoms with Crippen LogP contribution in [-0.4, -0.2) is 24.3 Å². The van der Waals surface area contributed by atoms with Crippen LogP contribution in [0.25, 0.3) is 0 Å². The fraction of sp³-hybridized carbons (Fsp3) is 0.375. The summed E-state index contributed by atoms with van der Waals surface area (Å²) in [5.41, 5.74) is 1.50. The lowest BCUT2D eigenvalue weighted by molar-refractivity contribution is -0.143. The number of rotatable bonds is 3. The number of carbonyl (C=O) groups excluding carboxylic acids is 1. The van der Waals surface area contributed by atoms with Crippen LogP contribution < -0.4 is 4.90 Å². The van der Waals surface area contributed by atoms with Crippen LogP contribution >= 0.6 is 0 Å². The van der Waals surface area contributed by atoms with Crippen molar-refractivity contribution in [2.75, 3.05) is 12.0 Å². The highest BCUT2D eigenvalue weighted by molar-refractivity contribution is 5.92. The molecular weight excluding hydrogens is 270 g/mol. The smallest absolute Gasteiger partial charge is 0.418 e. The molecule has 0 aromatic heterocycles. The Morgan fingerprint density at radius 3 is 2.52 bits per heavy atom. The van der Waals surface area contributed by atoms with E-state index in [0.29, 0.717) is 5.69 Å². The minimum atomic E-state index is -0.832. The van der Waals surface area contributed by atoms with Crippen molar-refractivity contribution in [2.24, 2.45) is 11.8 Å². The molecule has 1 aromatic rings. The second-order valence-corrected chi connectivity index (χ2v) is 5.37. The van der Waals surface area contributed by atoms with E-state index in [0.717, 1.165) is 5.56 Å². The van der Waals surface area contributed by atoms with E-state index in [2.05, 4.69) is 0 Å². The number of benzene rings is 1. The number of para-hydroxylation sites is 1. The van der Waals surface area contributed by atoms with Crippen LogP contribution in [-0.2, 0) is 9.53 Å². The Morgan fingerprint density at radius 2 is 1.95 bits per heavy atom. The van der Waals surface area contributed by atoms with Crippen molar-refractivity contribution in [2.45, 2.75) is 19.8 Å². The van der Waals surface area contributed by atoms with Crippen LogP contribution in [0.15, 0.2) is 36.5 Å². The molecule has 5 heteroatoms. The Hall–Kier alpha value is -2.30. The molecule has 112 valence electrons. The molecule has 0 radical (unpaired) electrons. The number of aliphatic carboxylic acids is 1. The van der Waals surface area contributed by atoms with Gasteiger partial charge in [-0.25, -0.2) is 4.79 Å². The largest absolute Gasteiger partial charge is 0.481 e. The monoisotopic (exact) mass is 289 g/mol. The molecule has 0 saturated carbocycles. The second-order valence-electron chi connectivity index (χ2n) is 5.37. The Kier molecular flexibility index (Phi) is 4.31. The number of anilines is 1. The molecule has 2 unspecified atom stereocenters. The third-order valence-corrected chi connectivity index (χ3v) is 3.76. The minimum Gasteiger partial charge on any atom is -0.481 e. The number of nitrogens with zero attached hydrogens (tertiary/aromatic N) is 1. The van der Waals surface area contributed by atoms with Crippen molar-refractivity contribution in [3.05, 3.63) is 42.1 Å². The van der Waals surface area contributed by atoms with Gasteiger partial charge in [0.1, 0.15) is 0 Å². The number of carboxylic acid groups (broad SMARTS) is 1. The SMILES string of the molecule is COC(=O)N1C=CC(C(C(=O)O)C(C)C)c2ccccc21. The predicted octanol–water partition coefficient (Wildman–Crippen LogP) is 3.23. The molecule has 1 N–H and O–H groups in total. The first-order valence-electron chi connectivity index (χ1n) is 6.84. The zero-order valence-electron chi connectivity index (χ0n) is 12.3. The molecule has 2 atom stereocenters. The average Bonchev–Trinajstić information content (AvgIpc) is 2.46. The summed E-state index contributed by atoms with van der Waals surface area (Å²) in [7, 11) is 1.32. The Balaban J connectivity index is 2.49. The van der Waals surface area contributed by atoms with E-state index in [-0.39, 0.29) is 11.8 Å². The van der Waals surface area contributed by atoms with Crippen LogP contribution in [0.2, 0.25) is 0 Å². The first kappa shape index (κ1) is 15.1. The van der Waals surface area contributed by atoms with Crippen LogP contribution in [0.4, 0.5) is 10.5 Å². The molecule has 1 aliphatic heterocycles. The number of amides is 1. The van der Waals surface area contributed by atoms with E-state index in [1.165, 1.54) is 12.0 Å². The van der Waals surface area contributed by atoms with E-state index >= 15 is 0 Å². The fourth-order valence-corrected chi connectivity index (χ4v) is 2.78. The van der Waals surface area contributed by atoms with Gasteiger partial charge in [-0.15, -0.1) is 0 Å². The molecule has 1 amide bonds. The van der Waals surface area contributed by atoms with Crippen molar-refractivity contribution >= 4 is 17.7 Å². The summed E-state index contributed by atoms with van der Waals surface area (Å²) in [5, 5.41) is 9.50. The van der Waals surface area contributed by atoms with E-state index in [9.17, 15) is 14.7 Å². The van der Waals surface area contributed by atoms with Gasteiger partial charge in [-0.1, -0.05) is 38.1 Å². The number of methoxy groups -OCH3 is 1. The number of ether oxygens (including phenoxy) is 1. The van der Waals surface area contributed by atoms with Gasteiger partial charge in [-0.2, -0.15) is 0 Å². The predicted molar refractivity (Wildman–Crippen MR) is 79.2 cm³/mol. The standard InChI is InChI=1S/C16H19NO4/c1-10(2)14(15(18)19)12-8-9-17(16(20)21-3)13-7-5-4-6-11(12)13/h4-10,12,14H,1-3H3,(H,18,19). The Morgan fingerprint density at radius 1 is 1.29 bits per heavy atom.